The fourth-order valence-corrected chi connectivity index (χ4v) is 4.07. The highest BCUT2D eigenvalue weighted by Crippen LogP contribution is 2.40. The summed E-state index contributed by atoms with van der Waals surface area (Å²) >= 11 is 0. The first kappa shape index (κ1) is 17.6. The van der Waals surface area contributed by atoms with Crippen molar-refractivity contribution in [3.63, 3.8) is 0 Å². The zero-order chi connectivity index (χ0) is 18.5. The van der Waals surface area contributed by atoms with Crippen molar-refractivity contribution in [2.45, 2.75) is 51.5 Å². The van der Waals surface area contributed by atoms with Crippen molar-refractivity contribution in [3.8, 4) is 0 Å². The van der Waals surface area contributed by atoms with E-state index in [4.69, 9.17) is 0 Å². The number of rotatable bonds is 7. The molecule has 1 saturated carbocycles. The average molecular weight is 368 g/mol. The van der Waals surface area contributed by atoms with Crippen LogP contribution in [0.15, 0.2) is 30.7 Å². The topological polar surface area (TPSA) is 103 Å². The summed E-state index contributed by atoms with van der Waals surface area (Å²) < 4.78 is 3.70. The van der Waals surface area contributed by atoms with E-state index in [9.17, 15) is 4.79 Å². The fraction of sp³-hybridized carbons (Fsp3) is 0.556. The predicted molar refractivity (Wildman–Crippen MR) is 97.7 cm³/mol. The molecule has 1 fully saturated rings. The Morgan fingerprint density at radius 2 is 2.07 bits per heavy atom. The zero-order valence-corrected chi connectivity index (χ0v) is 15.3. The van der Waals surface area contributed by atoms with Crippen LogP contribution in [0.3, 0.4) is 0 Å². The summed E-state index contributed by atoms with van der Waals surface area (Å²) in [6, 6.07) is 5.80. The minimum absolute atomic E-state index is 0.0563. The van der Waals surface area contributed by atoms with Crippen molar-refractivity contribution in [1.29, 1.82) is 0 Å². The molecule has 3 aromatic rings. The Balaban J connectivity index is 1.34. The van der Waals surface area contributed by atoms with Gasteiger partial charge in [0.1, 0.15) is 12.2 Å². The molecule has 0 bridgehead atoms. The van der Waals surface area contributed by atoms with E-state index in [-0.39, 0.29) is 11.3 Å². The minimum atomic E-state index is -0.0563. The second-order valence-corrected chi connectivity index (χ2v) is 7.39. The molecule has 0 spiro atoms. The maximum atomic E-state index is 12.6. The molecular formula is C18H24N8O. The van der Waals surface area contributed by atoms with Crippen LogP contribution in [-0.2, 0) is 17.8 Å². The molecule has 0 atom stereocenters. The molecule has 0 saturated heterocycles. The van der Waals surface area contributed by atoms with Crippen molar-refractivity contribution in [3.05, 3.63) is 36.5 Å². The first-order valence-corrected chi connectivity index (χ1v) is 9.50. The molecule has 3 aromatic heterocycles. The third-order valence-corrected chi connectivity index (χ3v) is 5.39. The van der Waals surface area contributed by atoms with Gasteiger partial charge in [-0.3, -0.25) is 9.20 Å². The van der Waals surface area contributed by atoms with Gasteiger partial charge in [-0.1, -0.05) is 25.3 Å². The van der Waals surface area contributed by atoms with Crippen molar-refractivity contribution in [2.75, 3.05) is 6.54 Å². The Bertz CT molecular complexity index is 882. The Labute approximate surface area is 157 Å². The van der Waals surface area contributed by atoms with Crippen LogP contribution in [0, 0.1) is 5.41 Å². The van der Waals surface area contributed by atoms with Crippen LogP contribution in [0.1, 0.15) is 44.3 Å². The number of tetrazole rings is 1. The summed E-state index contributed by atoms with van der Waals surface area (Å²) in [7, 11) is 0. The fourth-order valence-electron chi connectivity index (χ4n) is 4.07. The molecular weight excluding hydrogens is 344 g/mol. The van der Waals surface area contributed by atoms with E-state index in [1.807, 2.05) is 28.8 Å². The van der Waals surface area contributed by atoms with E-state index in [1.165, 1.54) is 6.42 Å². The lowest BCUT2D eigenvalue weighted by atomic mass is 9.71. The standard InChI is InChI=1S/C18H24N8O/c27-17(19-10-7-16-22-21-15-6-2-5-11-26(15)16)12-18(8-3-1-4-9-18)13-25-14-20-23-24-25/h2,5-6,11,14H,1,3-4,7-10,12-13H2,(H,19,27). The quantitative estimate of drug-likeness (QED) is 0.676. The van der Waals surface area contributed by atoms with Crippen LogP contribution >= 0.6 is 0 Å². The van der Waals surface area contributed by atoms with E-state index < -0.39 is 0 Å². The van der Waals surface area contributed by atoms with Crippen molar-refractivity contribution in [1.82, 2.24) is 40.1 Å². The normalized spacial score (nSPS) is 16.4. The second kappa shape index (κ2) is 7.81. The number of nitrogens with one attached hydrogen (secondary N) is 1. The van der Waals surface area contributed by atoms with Crippen molar-refractivity contribution >= 4 is 11.6 Å². The number of nitrogens with zero attached hydrogens (tertiary/aromatic N) is 7. The summed E-state index contributed by atoms with van der Waals surface area (Å²) in [6.45, 7) is 1.25. The molecule has 1 aliphatic carbocycles. The van der Waals surface area contributed by atoms with E-state index in [1.54, 1.807) is 11.0 Å². The largest absolute Gasteiger partial charge is 0.356 e. The van der Waals surface area contributed by atoms with Gasteiger partial charge in [0.15, 0.2) is 5.65 Å². The lowest BCUT2D eigenvalue weighted by Gasteiger charge is -2.36. The van der Waals surface area contributed by atoms with Gasteiger partial charge in [-0.05, 0) is 40.8 Å². The maximum Gasteiger partial charge on any atom is 0.220 e. The molecule has 9 nitrogen and oxygen atoms in total. The van der Waals surface area contributed by atoms with Gasteiger partial charge in [-0.2, -0.15) is 0 Å². The lowest BCUT2D eigenvalue weighted by Crippen LogP contribution is -2.37. The van der Waals surface area contributed by atoms with Gasteiger partial charge in [-0.15, -0.1) is 15.3 Å². The number of hydrogen-bond acceptors (Lipinski definition) is 6. The number of carbonyl (C=O) groups excluding carboxylic acids is 1. The van der Waals surface area contributed by atoms with Gasteiger partial charge < -0.3 is 5.32 Å². The number of carbonyl (C=O) groups is 1. The van der Waals surface area contributed by atoms with Gasteiger partial charge in [-0.25, -0.2) is 4.68 Å². The Kier molecular flexibility index (Phi) is 5.08. The Morgan fingerprint density at radius 3 is 2.89 bits per heavy atom. The molecule has 142 valence electrons. The van der Waals surface area contributed by atoms with E-state index in [0.717, 1.165) is 37.2 Å². The molecule has 27 heavy (non-hydrogen) atoms. The molecule has 3 heterocycles. The molecule has 0 aliphatic heterocycles. The lowest BCUT2D eigenvalue weighted by molar-refractivity contribution is -0.124. The Morgan fingerprint density at radius 1 is 1.19 bits per heavy atom. The van der Waals surface area contributed by atoms with Crippen LogP contribution in [-0.4, -0.2) is 47.3 Å². The number of amides is 1. The third-order valence-electron chi connectivity index (χ3n) is 5.39. The first-order chi connectivity index (χ1) is 13.2. The first-order valence-electron chi connectivity index (χ1n) is 9.50. The van der Waals surface area contributed by atoms with Gasteiger partial charge in [0.25, 0.3) is 0 Å². The number of hydrogen-bond donors (Lipinski definition) is 1. The summed E-state index contributed by atoms with van der Waals surface area (Å²) in [4.78, 5) is 12.6. The summed E-state index contributed by atoms with van der Waals surface area (Å²) in [6.07, 6.45) is 10.3. The summed E-state index contributed by atoms with van der Waals surface area (Å²) in [5.41, 5.74) is 0.764. The maximum absolute atomic E-state index is 12.6. The second-order valence-electron chi connectivity index (χ2n) is 7.39. The van der Waals surface area contributed by atoms with Crippen LogP contribution in [0.25, 0.3) is 5.65 Å². The molecule has 4 rings (SSSR count). The van der Waals surface area contributed by atoms with Crippen LogP contribution in [0.4, 0.5) is 0 Å². The van der Waals surface area contributed by atoms with Crippen LogP contribution < -0.4 is 5.32 Å². The summed E-state index contributed by atoms with van der Waals surface area (Å²) in [5.74, 6) is 0.936. The smallest absolute Gasteiger partial charge is 0.220 e. The van der Waals surface area contributed by atoms with E-state index in [0.29, 0.717) is 25.9 Å². The molecule has 0 aromatic carbocycles. The van der Waals surface area contributed by atoms with Crippen molar-refractivity contribution < 1.29 is 4.79 Å². The SMILES string of the molecule is O=C(CC1(Cn2cnnn2)CCCCC1)NCCc1nnc2ccccn12. The van der Waals surface area contributed by atoms with Gasteiger partial charge in [0, 0.05) is 25.6 Å². The predicted octanol–water partition coefficient (Wildman–Crippen LogP) is 1.42. The molecule has 1 N–H and O–H groups in total. The highest BCUT2D eigenvalue weighted by molar-refractivity contribution is 5.76. The van der Waals surface area contributed by atoms with E-state index in [2.05, 4.69) is 31.0 Å². The third kappa shape index (κ3) is 4.12. The molecule has 0 unspecified atom stereocenters. The molecule has 9 heteroatoms. The highest BCUT2D eigenvalue weighted by Gasteiger charge is 2.35. The van der Waals surface area contributed by atoms with Gasteiger partial charge in [0.2, 0.25) is 5.91 Å². The van der Waals surface area contributed by atoms with Gasteiger partial charge >= 0.3 is 0 Å². The molecule has 1 amide bonds. The number of pyridine rings is 1. The number of aromatic nitrogens is 7. The van der Waals surface area contributed by atoms with Crippen LogP contribution in [0.5, 0.6) is 0 Å². The summed E-state index contributed by atoms with van der Waals surface area (Å²) in [5, 5.41) is 22.8. The van der Waals surface area contributed by atoms with E-state index >= 15 is 0 Å². The minimum Gasteiger partial charge on any atom is -0.356 e. The molecule has 1 aliphatic rings. The van der Waals surface area contributed by atoms with Crippen LogP contribution in [0.2, 0.25) is 0 Å². The highest BCUT2D eigenvalue weighted by atomic mass is 16.1. The zero-order valence-electron chi connectivity index (χ0n) is 15.3. The molecule has 0 radical (unpaired) electrons. The van der Waals surface area contributed by atoms with Crippen molar-refractivity contribution in [2.24, 2.45) is 5.41 Å². The average Bonchev–Trinajstić information content (AvgIpc) is 3.32. The monoisotopic (exact) mass is 368 g/mol. The Hall–Kier alpha value is -2.84. The van der Waals surface area contributed by atoms with Gasteiger partial charge in [0.05, 0.1) is 6.54 Å². The number of fused-ring (bicyclic) bond motifs is 1.